The lowest BCUT2D eigenvalue weighted by atomic mass is 10.0. The van der Waals surface area contributed by atoms with Gasteiger partial charge in [0.05, 0.1) is 5.52 Å². The van der Waals surface area contributed by atoms with E-state index in [1.165, 1.54) is 48.8 Å². The molecule has 5 aromatic rings. The molecule has 7 rings (SSSR count). The molecule has 0 radical (unpaired) electrons. The molecule has 0 fully saturated rings. The second kappa shape index (κ2) is 10.8. The molecule has 204 valence electrons. The number of aryl methyl sites for hydroxylation is 1. The van der Waals surface area contributed by atoms with E-state index in [4.69, 9.17) is 0 Å². The van der Waals surface area contributed by atoms with Gasteiger partial charge >= 0.3 is 0 Å². The molecule has 3 atom stereocenters. The first-order valence-corrected chi connectivity index (χ1v) is 16.7. The third kappa shape index (κ3) is 4.42. The number of hydrogen-bond donors (Lipinski definition) is 0. The summed E-state index contributed by atoms with van der Waals surface area (Å²) in [5, 5.41) is 1.81. The summed E-state index contributed by atoms with van der Waals surface area (Å²) in [6.07, 6.45) is 16.4. The molecule has 2 heteroatoms. The zero-order chi connectivity index (χ0) is 27.8. The Balaban J connectivity index is 1.60. The van der Waals surface area contributed by atoms with Crippen LogP contribution in [-0.2, 0) is 12.2 Å². The van der Waals surface area contributed by atoms with E-state index in [0.29, 0.717) is 11.2 Å². The van der Waals surface area contributed by atoms with E-state index in [1.807, 2.05) is 0 Å². The predicted molar refractivity (Wildman–Crippen MR) is 177 cm³/mol. The van der Waals surface area contributed by atoms with Gasteiger partial charge in [-0.05, 0) is 72.5 Å². The molecule has 41 heavy (non-hydrogen) atoms. The molecular weight excluding hydrogens is 515 g/mol. The van der Waals surface area contributed by atoms with Crippen LogP contribution >= 0.6 is 10.0 Å². The third-order valence-electron chi connectivity index (χ3n) is 8.82. The molecule has 0 N–H and O–H groups in total. The molecule has 1 nitrogen and oxygen atoms in total. The maximum absolute atomic E-state index is 2.54. The van der Waals surface area contributed by atoms with E-state index in [9.17, 15) is 0 Å². The molecule has 0 spiro atoms. The molecule has 0 saturated carbocycles. The van der Waals surface area contributed by atoms with Crippen LogP contribution in [0, 0.1) is 12.8 Å². The van der Waals surface area contributed by atoms with Crippen molar-refractivity contribution in [1.82, 2.24) is 4.57 Å². The first-order chi connectivity index (χ1) is 20.2. The Labute approximate surface area is 245 Å². The average Bonchev–Trinajstić information content (AvgIpc) is 3.37. The number of para-hydroxylation sites is 1. The van der Waals surface area contributed by atoms with Gasteiger partial charge in [-0.1, -0.05) is 116 Å². The SMILES string of the molecule is Cc1ccc(CS(c2ccccc2)(c2cccc3c2c2c(n3-c3ccccc3)CCC=C2)[C@H]2C=CC=CC2C)cc1. The molecule has 2 aliphatic rings. The van der Waals surface area contributed by atoms with Crippen molar-refractivity contribution in [2.24, 2.45) is 5.92 Å². The number of allylic oxidation sites excluding steroid dienone is 4. The van der Waals surface area contributed by atoms with Gasteiger partial charge in [0.25, 0.3) is 0 Å². The van der Waals surface area contributed by atoms with Gasteiger partial charge in [-0.2, -0.15) is 10.0 Å². The Hall–Kier alpha value is -4.01. The lowest BCUT2D eigenvalue weighted by Crippen LogP contribution is -2.26. The molecule has 0 aliphatic heterocycles. The zero-order valence-corrected chi connectivity index (χ0v) is 24.7. The average molecular weight is 552 g/mol. The second-order valence-corrected chi connectivity index (χ2v) is 14.8. The lowest BCUT2D eigenvalue weighted by molar-refractivity contribution is 0.740. The van der Waals surface area contributed by atoms with E-state index >= 15 is 0 Å². The first kappa shape index (κ1) is 25.9. The van der Waals surface area contributed by atoms with Crippen molar-refractivity contribution in [3.05, 3.63) is 156 Å². The van der Waals surface area contributed by atoms with Gasteiger partial charge < -0.3 is 4.57 Å². The van der Waals surface area contributed by atoms with Crippen molar-refractivity contribution in [2.45, 2.75) is 47.5 Å². The number of benzene rings is 4. The highest BCUT2D eigenvalue weighted by Gasteiger charge is 2.41. The Morgan fingerprint density at radius 2 is 1.51 bits per heavy atom. The summed E-state index contributed by atoms with van der Waals surface area (Å²) in [5.41, 5.74) is 8.14. The maximum Gasteiger partial charge on any atom is 0.0548 e. The van der Waals surface area contributed by atoms with Crippen LogP contribution in [0.5, 0.6) is 0 Å². The summed E-state index contributed by atoms with van der Waals surface area (Å²) >= 11 is 0. The van der Waals surface area contributed by atoms with Gasteiger partial charge in [-0.15, -0.1) is 0 Å². The van der Waals surface area contributed by atoms with Gasteiger partial charge in [0.1, 0.15) is 0 Å². The largest absolute Gasteiger partial charge is 0.313 e. The molecule has 4 aromatic carbocycles. The fourth-order valence-electron chi connectivity index (χ4n) is 6.91. The Bertz CT molecular complexity index is 1770. The Morgan fingerprint density at radius 3 is 2.27 bits per heavy atom. The van der Waals surface area contributed by atoms with E-state index in [0.717, 1.165) is 18.6 Å². The molecule has 2 aliphatic carbocycles. The van der Waals surface area contributed by atoms with Crippen LogP contribution in [0.15, 0.2) is 143 Å². The van der Waals surface area contributed by atoms with E-state index in [-0.39, 0.29) is 0 Å². The van der Waals surface area contributed by atoms with Crippen molar-refractivity contribution in [3.63, 3.8) is 0 Å². The third-order valence-corrected chi connectivity index (χ3v) is 13.4. The van der Waals surface area contributed by atoms with Crippen LogP contribution in [0.1, 0.15) is 35.7 Å². The van der Waals surface area contributed by atoms with Crippen LogP contribution in [0.2, 0.25) is 0 Å². The number of aromatic nitrogens is 1. The molecule has 0 bridgehead atoms. The number of fused-ring (bicyclic) bond motifs is 3. The quantitative estimate of drug-likeness (QED) is 0.198. The Kier molecular flexibility index (Phi) is 6.80. The summed E-state index contributed by atoms with van der Waals surface area (Å²) in [7, 11) is -1.58. The van der Waals surface area contributed by atoms with Gasteiger partial charge in [-0.25, -0.2) is 0 Å². The molecule has 0 saturated heterocycles. The second-order valence-electron chi connectivity index (χ2n) is 11.5. The van der Waals surface area contributed by atoms with Crippen molar-refractivity contribution >= 4 is 27.0 Å². The number of rotatable bonds is 6. The summed E-state index contributed by atoms with van der Waals surface area (Å²) < 4.78 is 2.54. The maximum atomic E-state index is 2.54. The number of hydrogen-bond acceptors (Lipinski definition) is 0. The zero-order valence-electron chi connectivity index (χ0n) is 23.9. The summed E-state index contributed by atoms with van der Waals surface area (Å²) in [6.45, 7) is 4.60. The van der Waals surface area contributed by atoms with Gasteiger partial charge in [-0.3, -0.25) is 0 Å². The molecule has 1 heterocycles. The fourth-order valence-corrected chi connectivity index (χ4v) is 11.7. The minimum absolute atomic E-state index is 0.380. The van der Waals surface area contributed by atoms with Crippen LogP contribution < -0.4 is 0 Å². The van der Waals surface area contributed by atoms with Gasteiger partial charge in [0.15, 0.2) is 0 Å². The van der Waals surface area contributed by atoms with Crippen LogP contribution in [0.3, 0.4) is 0 Å². The summed E-state index contributed by atoms with van der Waals surface area (Å²) in [6, 6.07) is 38.8. The lowest BCUT2D eigenvalue weighted by Gasteiger charge is -2.49. The molecule has 2 unspecified atom stereocenters. The normalized spacial score (nSPS) is 20.0. The molecular formula is C39H37NS. The van der Waals surface area contributed by atoms with E-state index in [2.05, 4.69) is 158 Å². The van der Waals surface area contributed by atoms with Crippen molar-refractivity contribution in [2.75, 3.05) is 0 Å². The summed E-state index contributed by atoms with van der Waals surface area (Å²) in [5.74, 6) is 1.44. The Morgan fingerprint density at radius 1 is 0.780 bits per heavy atom. The molecule has 1 aromatic heterocycles. The van der Waals surface area contributed by atoms with Crippen molar-refractivity contribution < 1.29 is 0 Å². The van der Waals surface area contributed by atoms with Crippen LogP contribution in [-0.4, -0.2) is 9.82 Å². The van der Waals surface area contributed by atoms with Crippen molar-refractivity contribution in [3.8, 4) is 5.69 Å². The minimum Gasteiger partial charge on any atom is -0.313 e. The highest BCUT2D eigenvalue weighted by Crippen LogP contribution is 2.71. The van der Waals surface area contributed by atoms with Crippen LogP contribution in [0.25, 0.3) is 22.7 Å². The van der Waals surface area contributed by atoms with Gasteiger partial charge in [0.2, 0.25) is 0 Å². The monoisotopic (exact) mass is 551 g/mol. The summed E-state index contributed by atoms with van der Waals surface area (Å²) in [4.78, 5) is 2.97. The van der Waals surface area contributed by atoms with E-state index < -0.39 is 10.0 Å². The fraction of sp³-hybridized carbons (Fsp3) is 0.179. The topological polar surface area (TPSA) is 4.93 Å². The molecule has 0 amide bonds. The van der Waals surface area contributed by atoms with E-state index in [1.54, 1.807) is 0 Å². The first-order valence-electron chi connectivity index (χ1n) is 14.8. The van der Waals surface area contributed by atoms with Gasteiger partial charge in [0, 0.05) is 38.2 Å². The highest BCUT2D eigenvalue weighted by molar-refractivity contribution is 8.34. The predicted octanol–water partition coefficient (Wildman–Crippen LogP) is 10.5. The number of nitrogens with zero attached hydrogens (tertiary/aromatic N) is 1. The standard InChI is InChI=1S/C39H37NS/c1-29-24-26-31(27-25-29)28-41(33-17-7-4-8-18-33,37-22-12-9-14-30(37)2)38-23-13-21-36-39(38)34-19-10-11-20-35(34)40(36)32-15-5-3-6-16-32/h3-10,12-19,21-27,30,37H,11,20,28H2,1-2H3/t30?,37-/m0/s1. The van der Waals surface area contributed by atoms with Crippen molar-refractivity contribution in [1.29, 1.82) is 0 Å². The smallest absolute Gasteiger partial charge is 0.0548 e. The highest BCUT2D eigenvalue weighted by atomic mass is 32.3. The van der Waals surface area contributed by atoms with Crippen LogP contribution in [0.4, 0.5) is 0 Å². The minimum atomic E-state index is -1.58.